The number of esters is 1. The molecule has 1 aromatic rings. The van der Waals surface area contributed by atoms with E-state index in [0.717, 1.165) is 13.1 Å². The largest absolute Gasteiger partial charge is 0.469 e. The van der Waals surface area contributed by atoms with E-state index >= 15 is 0 Å². The van der Waals surface area contributed by atoms with Crippen LogP contribution in [0.2, 0.25) is 0 Å². The number of rotatable bonds is 4. The summed E-state index contributed by atoms with van der Waals surface area (Å²) in [5, 5.41) is 0. The van der Waals surface area contributed by atoms with E-state index in [-0.39, 0.29) is 24.7 Å². The standard InChI is InChI=1S/C16H22N2O3/c1-13-4-3-5-14(12-13)17-8-10-18(11-9-17)15(19)6-7-16(20)21-2/h3-5,12H,6-11H2,1-2H3. The summed E-state index contributed by atoms with van der Waals surface area (Å²) in [6.45, 7) is 5.14. The van der Waals surface area contributed by atoms with Crippen LogP contribution in [0.5, 0.6) is 0 Å². The Morgan fingerprint density at radius 3 is 2.48 bits per heavy atom. The molecule has 0 atom stereocenters. The molecule has 5 heteroatoms. The summed E-state index contributed by atoms with van der Waals surface area (Å²) < 4.78 is 4.56. The zero-order chi connectivity index (χ0) is 15.2. The lowest BCUT2D eigenvalue weighted by Crippen LogP contribution is -2.48. The smallest absolute Gasteiger partial charge is 0.306 e. The molecule has 0 unspecified atom stereocenters. The molecule has 1 saturated heterocycles. The number of hydrogen-bond acceptors (Lipinski definition) is 4. The first kappa shape index (κ1) is 15.4. The molecule has 1 amide bonds. The van der Waals surface area contributed by atoms with E-state index in [2.05, 4.69) is 40.8 Å². The van der Waals surface area contributed by atoms with E-state index < -0.39 is 0 Å². The molecule has 1 aliphatic heterocycles. The highest BCUT2D eigenvalue weighted by atomic mass is 16.5. The van der Waals surface area contributed by atoms with Gasteiger partial charge in [0.25, 0.3) is 0 Å². The first-order valence-electron chi connectivity index (χ1n) is 7.26. The summed E-state index contributed by atoms with van der Waals surface area (Å²) in [5.41, 5.74) is 2.45. The Bertz CT molecular complexity index is 508. The van der Waals surface area contributed by atoms with Gasteiger partial charge in [-0.05, 0) is 24.6 Å². The highest BCUT2D eigenvalue weighted by Gasteiger charge is 2.21. The molecule has 0 bridgehead atoms. The Labute approximate surface area is 125 Å². The lowest BCUT2D eigenvalue weighted by molar-refractivity contribution is -0.143. The fraction of sp³-hybridized carbons (Fsp3) is 0.500. The fourth-order valence-electron chi connectivity index (χ4n) is 2.51. The highest BCUT2D eigenvalue weighted by Crippen LogP contribution is 2.18. The average Bonchev–Trinajstić information content (AvgIpc) is 2.52. The van der Waals surface area contributed by atoms with Crippen LogP contribution in [0, 0.1) is 6.92 Å². The molecule has 0 saturated carbocycles. The van der Waals surface area contributed by atoms with Gasteiger partial charge in [0.1, 0.15) is 0 Å². The number of ether oxygens (including phenoxy) is 1. The number of amides is 1. The average molecular weight is 290 g/mol. The van der Waals surface area contributed by atoms with Crippen LogP contribution < -0.4 is 4.90 Å². The van der Waals surface area contributed by atoms with E-state index in [9.17, 15) is 9.59 Å². The number of aryl methyl sites for hydroxylation is 1. The topological polar surface area (TPSA) is 49.9 Å². The molecule has 1 aliphatic rings. The van der Waals surface area contributed by atoms with Gasteiger partial charge in [-0.25, -0.2) is 0 Å². The summed E-state index contributed by atoms with van der Waals surface area (Å²) in [4.78, 5) is 27.2. The van der Waals surface area contributed by atoms with Crippen LogP contribution in [0.4, 0.5) is 5.69 Å². The van der Waals surface area contributed by atoms with Crippen molar-refractivity contribution >= 4 is 17.6 Å². The molecule has 0 radical (unpaired) electrons. The van der Waals surface area contributed by atoms with Crippen molar-refractivity contribution in [1.82, 2.24) is 4.90 Å². The van der Waals surface area contributed by atoms with Crippen LogP contribution in [0.15, 0.2) is 24.3 Å². The van der Waals surface area contributed by atoms with E-state index in [4.69, 9.17) is 0 Å². The molecule has 1 heterocycles. The van der Waals surface area contributed by atoms with Crippen LogP contribution in [-0.2, 0) is 14.3 Å². The maximum Gasteiger partial charge on any atom is 0.306 e. The maximum absolute atomic E-state index is 12.0. The van der Waals surface area contributed by atoms with E-state index in [1.165, 1.54) is 18.4 Å². The van der Waals surface area contributed by atoms with Crippen LogP contribution in [0.3, 0.4) is 0 Å². The number of hydrogen-bond donors (Lipinski definition) is 0. The summed E-state index contributed by atoms with van der Waals surface area (Å²) in [5.74, 6) is -0.300. The quantitative estimate of drug-likeness (QED) is 0.790. The number of carbonyl (C=O) groups excluding carboxylic acids is 2. The molecular weight excluding hydrogens is 268 g/mol. The first-order valence-corrected chi connectivity index (χ1v) is 7.26. The minimum Gasteiger partial charge on any atom is -0.469 e. The third-order valence-electron chi connectivity index (χ3n) is 3.77. The predicted molar refractivity (Wildman–Crippen MR) is 81.2 cm³/mol. The zero-order valence-corrected chi connectivity index (χ0v) is 12.7. The van der Waals surface area contributed by atoms with Crippen molar-refractivity contribution < 1.29 is 14.3 Å². The second kappa shape index (κ2) is 7.11. The van der Waals surface area contributed by atoms with Gasteiger partial charge in [0.2, 0.25) is 5.91 Å². The van der Waals surface area contributed by atoms with E-state index in [1.54, 1.807) is 0 Å². The monoisotopic (exact) mass is 290 g/mol. The summed E-state index contributed by atoms with van der Waals surface area (Å²) in [7, 11) is 1.34. The number of piperazine rings is 1. The molecule has 0 spiro atoms. The van der Waals surface area contributed by atoms with Gasteiger partial charge in [-0.15, -0.1) is 0 Å². The second-order valence-corrected chi connectivity index (χ2v) is 5.28. The Morgan fingerprint density at radius 1 is 1.14 bits per heavy atom. The molecular formula is C16H22N2O3. The van der Waals surface area contributed by atoms with Crippen molar-refractivity contribution in [2.45, 2.75) is 19.8 Å². The van der Waals surface area contributed by atoms with Crippen molar-refractivity contribution in [3.63, 3.8) is 0 Å². The maximum atomic E-state index is 12.0. The van der Waals surface area contributed by atoms with Gasteiger partial charge in [-0.3, -0.25) is 9.59 Å². The third-order valence-corrected chi connectivity index (χ3v) is 3.77. The van der Waals surface area contributed by atoms with Crippen molar-refractivity contribution in [1.29, 1.82) is 0 Å². The minimum atomic E-state index is -0.332. The highest BCUT2D eigenvalue weighted by molar-refractivity contribution is 5.81. The molecule has 114 valence electrons. The normalized spacial score (nSPS) is 15.0. The summed E-state index contributed by atoms with van der Waals surface area (Å²) in [6, 6.07) is 8.39. The van der Waals surface area contributed by atoms with Gasteiger partial charge in [0, 0.05) is 38.3 Å². The Morgan fingerprint density at radius 2 is 1.86 bits per heavy atom. The van der Waals surface area contributed by atoms with Crippen molar-refractivity contribution in [3.05, 3.63) is 29.8 Å². The number of anilines is 1. The Hall–Kier alpha value is -2.04. The molecule has 5 nitrogen and oxygen atoms in total. The SMILES string of the molecule is COC(=O)CCC(=O)N1CCN(c2cccc(C)c2)CC1. The van der Waals surface area contributed by atoms with Gasteiger partial charge < -0.3 is 14.5 Å². The molecule has 0 N–H and O–H groups in total. The van der Waals surface area contributed by atoms with Gasteiger partial charge in [-0.1, -0.05) is 12.1 Å². The molecule has 0 aliphatic carbocycles. The van der Waals surface area contributed by atoms with Gasteiger partial charge in [0.15, 0.2) is 0 Å². The van der Waals surface area contributed by atoms with Crippen LogP contribution >= 0.6 is 0 Å². The van der Waals surface area contributed by atoms with Gasteiger partial charge in [-0.2, -0.15) is 0 Å². The van der Waals surface area contributed by atoms with E-state index in [1.807, 2.05) is 4.90 Å². The summed E-state index contributed by atoms with van der Waals surface area (Å²) >= 11 is 0. The third kappa shape index (κ3) is 4.21. The molecule has 21 heavy (non-hydrogen) atoms. The number of carbonyl (C=O) groups is 2. The molecule has 0 aromatic heterocycles. The molecule has 1 aromatic carbocycles. The summed E-state index contributed by atoms with van der Waals surface area (Å²) in [6.07, 6.45) is 0.393. The molecule has 1 fully saturated rings. The number of nitrogens with zero attached hydrogens (tertiary/aromatic N) is 2. The molecule has 2 rings (SSSR count). The van der Waals surface area contributed by atoms with Gasteiger partial charge >= 0.3 is 5.97 Å². The van der Waals surface area contributed by atoms with Gasteiger partial charge in [0.05, 0.1) is 13.5 Å². The fourth-order valence-corrected chi connectivity index (χ4v) is 2.51. The second-order valence-electron chi connectivity index (χ2n) is 5.28. The number of benzene rings is 1. The number of methoxy groups -OCH3 is 1. The first-order chi connectivity index (χ1) is 10.1. The van der Waals surface area contributed by atoms with Crippen molar-refractivity contribution in [3.8, 4) is 0 Å². The lowest BCUT2D eigenvalue weighted by Gasteiger charge is -2.36. The Kier molecular flexibility index (Phi) is 5.20. The minimum absolute atomic E-state index is 0.0318. The predicted octanol–water partition coefficient (Wildman–Crippen LogP) is 1.60. The van der Waals surface area contributed by atoms with Crippen LogP contribution in [0.25, 0.3) is 0 Å². The lowest BCUT2D eigenvalue weighted by atomic mass is 10.2. The van der Waals surface area contributed by atoms with Crippen LogP contribution in [0.1, 0.15) is 18.4 Å². The van der Waals surface area contributed by atoms with E-state index in [0.29, 0.717) is 13.1 Å². The Balaban J connectivity index is 1.83. The van der Waals surface area contributed by atoms with Crippen LogP contribution in [-0.4, -0.2) is 50.1 Å². The van der Waals surface area contributed by atoms with Crippen molar-refractivity contribution in [2.75, 3.05) is 38.2 Å². The zero-order valence-electron chi connectivity index (χ0n) is 12.7. The van der Waals surface area contributed by atoms with Crippen molar-refractivity contribution in [2.24, 2.45) is 0 Å².